The van der Waals surface area contributed by atoms with Crippen molar-refractivity contribution in [3.63, 3.8) is 0 Å². The number of amides is 1. The van der Waals surface area contributed by atoms with E-state index in [0.29, 0.717) is 12.8 Å². The number of nitrogens with two attached hydrogens (primary N) is 1. The van der Waals surface area contributed by atoms with Crippen LogP contribution in [0.3, 0.4) is 0 Å². The Hall–Kier alpha value is -1.45. The quantitative estimate of drug-likeness (QED) is 0.766. The van der Waals surface area contributed by atoms with E-state index in [4.69, 9.17) is 16.7 Å². The van der Waals surface area contributed by atoms with E-state index < -0.39 is 10.0 Å². The maximum Gasteiger partial charge on any atom is 0.238 e. The van der Waals surface area contributed by atoms with E-state index in [0.717, 1.165) is 42.6 Å². The summed E-state index contributed by atoms with van der Waals surface area (Å²) in [7, 11) is -3.68. The maximum absolute atomic E-state index is 12.4. The van der Waals surface area contributed by atoms with Gasteiger partial charge in [-0.05, 0) is 36.2 Å². The van der Waals surface area contributed by atoms with Gasteiger partial charge in [-0.25, -0.2) is 13.6 Å². The van der Waals surface area contributed by atoms with Crippen LogP contribution >= 0.6 is 22.9 Å². The summed E-state index contributed by atoms with van der Waals surface area (Å²) in [6.45, 7) is 4.02. The first kappa shape index (κ1) is 20.3. The Kier molecular flexibility index (Phi) is 6.54. The van der Waals surface area contributed by atoms with E-state index in [1.807, 2.05) is 17.0 Å². The summed E-state index contributed by atoms with van der Waals surface area (Å²) in [6.07, 6.45) is 0.993. The van der Waals surface area contributed by atoms with Crippen LogP contribution < -0.4 is 5.14 Å². The molecule has 146 valence electrons. The SMILES string of the molecule is NS(=O)(=O)c1ccc(CCC(=O)N2CCN(Cc3ccc(Cl)s3)CC2)cc1. The van der Waals surface area contributed by atoms with Gasteiger partial charge in [0.15, 0.2) is 0 Å². The number of halogens is 1. The molecule has 2 heterocycles. The van der Waals surface area contributed by atoms with Crippen molar-refractivity contribution in [3.8, 4) is 0 Å². The molecule has 0 spiro atoms. The number of thiophene rings is 1. The summed E-state index contributed by atoms with van der Waals surface area (Å²) >= 11 is 7.56. The lowest BCUT2D eigenvalue weighted by atomic mass is 10.1. The summed E-state index contributed by atoms with van der Waals surface area (Å²) in [5.74, 6) is 0.129. The van der Waals surface area contributed by atoms with Crippen LogP contribution in [0.25, 0.3) is 0 Å². The van der Waals surface area contributed by atoms with Crippen molar-refractivity contribution in [2.75, 3.05) is 26.2 Å². The zero-order valence-electron chi connectivity index (χ0n) is 14.8. The normalized spacial score (nSPS) is 15.9. The summed E-state index contributed by atoms with van der Waals surface area (Å²) in [5, 5.41) is 5.09. The van der Waals surface area contributed by atoms with Crippen molar-refractivity contribution in [2.45, 2.75) is 24.3 Å². The zero-order chi connectivity index (χ0) is 19.4. The second kappa shape index (κ2) is 8.70. The van der Waals surface area contributed by atoms with Gasteiger partial charge in [0.05, 0.1) is 9.23 Å². The molecular weight excluding hydrogens is 406 g/mol. The molecule has 1 fully saturated rings. The minimum absolute atomic E-state index is 0.0840. The minimum atomic E-state index is -3.68. The summed E-state index contributed by atoms with van der Waals surface area (Å²) in [6, 6.07) is 10.3. The van der Waals surface area contributed by atoms with Gasteiger partial charge in [-0.2, -0.15) is 0 Å². The summed E-state index contributed by atoms with van der Waals surface area (Å²) in [4.78, 5) is 18.0. The maximum atomic E-state index is 12.4. The van der Waals surface area contributed by atoms with Gasteiger partial charge in [-0.1, -0.05) is 23.7 Å². The van der Waals surface area contributed by atoms with Crippen LogP contribution in [0.4, 0.5) is 0 Å². The van der Waals surface area contributed by atoms with Crippen LogP contribution in [0.1, 0.15) is 16.9 Å². The monoisotopic (exact) mass is 427 g/mol. The topological polar surface area (TPSA) is 83.7 Å². The van der Waals surface area contributed by atoms with Gasteiger partial charge in [0.1, 0.15) is 0 Å². The fourth-order valence-electron chi connectivity index (χ4n) is 3.07. The molecule has 2 N–H and O–H groups in total. The lowest BCUT2D eigenvalue weighted by Crippen LogP contribution is -2.48. The molecule has 6 nitrogen and oxygen atoms in total. The standard InChI is InChI=1S/C18H22ClN3O3S2/c19-17-7-4-15(26-17)13-21-9-11-22(12-10-21)18(23)8-3-14-1-5-16(6-2-14)27(20,24)25/h1-2,4-7H,3,8-13H2,(H2,20,24,25). The highest BCUT2D eigenvalue weighted by Gasteiger charge is 2.21. The highest BCUT2D eigenvalue weighted by molar-refractivity contribution is 7.89. The van der Waals surface area contributed by atoms with Gasteiger partial charge in [0.2, 0.25) is 15.9 Å². The van der Waals surface area contributed by atoms with Gasteiger partial charge in [0, 0.05) is 44.0 Å². The minimum Gasteiger partial charge on any atom is -0.340 e. The van der Waals surface area contributed by atoms with E-state index in [-0.39, 0.29) is 10.8 Å². The molecular formula is C18H22ClN3O3S2. The molecule has 0 bridgehead atoms. The van der Waals surface area contributed by atoms with Crippen molar-refractivity contribution in [1.29, 1.82) is 0 Å². The molecule has 27 heavy (non-hydrogen) atoms. The smallest absolute Gasteiger partial charge is 0.238 e. The van der Waals surface area contributed by atoms with Crippen molar-refractivity contribution < 1.29 is 13.2 Å². The molecule has 1 amide bonds. The van der Waals surface area contributed by atoms with E-state index in [9.17, 15) is 13.2 Å². The zero-order valence-corrected chi connectivity index (χ0v) is 17.2. The first-order valence-corrected chi connectivity index (χ1v) is 11.4. The second-order valence-corrected chi connectivity index (χ2v) is 9.91. The molecule has 1 aromatic heterocycles. The summed E-state index contributed by atoms with van der Waals surface area (Å²) < 4.78 is 23.3. The Morgan fingerprint density at radius 3 is 2.30 bits per heavy atom. The van der Waals surface area contributed by atoms with Crippen LogP contribution in [0.5, 0.6) is 0 Å². The van der Waals surface area contributed by atoms with Gasteiger partial charge in [0.25, 0.3) is 0 Å². The molecule has 0 radical (unpaired) electrons. The Bertz CT molecular complexity index is 889. The third-order valence-corrected chi connectivity index (χ3v) is 6.76. The number of rotatable bonds is 6. The second-order valence-electron chi connectivity index (χ2n) is 6.55. The van der Waals surface area contributed by atoms with Crippen molar-refractivity contribution in [3.05, 3.63) is 51.2 Å². The number of carbonyl (C=O) groups excluding carboxylic acids is 1. The third kappa shape index (κ3) is 5.76. The molecule has 3 rings (SSSR count). The Morgan fingerprint density at radius 1 is 1.07 bits per heavy atom. The lowest BCUT2D eigenvalue weighted by molar-refractivity contribution is -0.132. The highest BCUT2D eigenvalue weighted by atomic mass is 35.5. The molecule has 0 unspecified atom stereocenters. The number of primary sulfonamides is 1. The Balaban J connectivity index is 1.44. The first-order chi connectivity index (χ1) is 12.8. The molecule has 1 aliphatic heterocycles. The molecule has 2 aromatic rings. The van der Waals surface area contributed by atoms with Crippen LogP contribution in [0.2, 0.25) is 4.34 Å². The first-order valence-electron chi connectivity index (χ1n) is 8.67. The number of piperazine rings is 1. The predicted octanol–water partition coefficient (Wildman–Crippen LogP) is 2.33. The number of sulfonamides is 1. The van der Waals surface area contributed by atoms with Crippen LogP contribution in [-0.4, -0.2) is 50.3 Å². The van der Waals surface area contributed by atoms with Crippen molar-refractivity contribution in [2.24, 2.45) is 5.14 Å². The van der Waals surface area contributed by atoms with Crippen LogP contribution in [0, 0.1) is 0 Å². The molecule has 9 heteroatoms. The number of benzene rings is 1. The van der Waals surface area contributed by atoms with E-state index >= 15 is 0 Å². The Morgan fingerprint density at radius 2 is 1.74 bits per heavy atom. The fourth-order valence-corrected chi connectivity index (χ4v) is 4.71. The largest absolute Gasteiger partial charge is 0.340 e. The number of aryl methyl sites for hydroxylation is 1. The molecule has 1 saturated heterocycles. The van der Waals surface area contributed by atoms with E-state index in [1.165, 1.54) is 17.0 Å². The van der Waals surface area contributed by atoms with E-state index in [2.05, 4.69) is 4.90 Å². The van der Waals surface area contributed by atoms with Crippen LogP contribution in [-0.2, 0) is 27.8 Å². The highest BCUT2D eigenvalue weighted by Crippen LogP contribution is 2.23. The average molecular weight is 428 g/mol. The molecule has 0 aliphatic carbocycles. The van der Waals surface area contributed by atoms with Gasteiger partial charge in [-0.15, -0.1) is 11.3 Å². The van der Waals surface area contributed by atoms with Crippen molar-refractivity contribution >= 4 is 38.9 Å². The Labute approximate surface area is 168 Å². The number of hydrogen-bond donors (Lipinski definition) is 1. The van der Waals surface area contributed by atoms with Crippen molar-refractivity contribution in [1.82, 2.24) is 9.80 Å². The number of nitrogens with zero attached hydrogens (tertiary/aromatic N) is 2. The number of hydrogen-bond acceptors (Lipinski definition) is 5. The average Bonchev–Trinajstić information content (AvgIpc) is 3.04. The fraction of sp³-hybridized carbons (Fsp3) is 0.389. The van der Waals surface area contributed by atoms with Crippen LogP contribution in [0.15, 0.2) is 41.3 Å². The predicted molar refractivity (Wildman–Crippen MR) is 107 cm³/mol. The lowest BCUT2D eigenvalue weighted by Gasteiger charge is -2.34. The number of carbonyl (C=O) groups is 1. The van der Waals surface area contributed by atoms with Gasteiger partial charge >= 0.3 is 0 Å². The molecule has 1 aromatic carbocycles. The third-order valence-electron chi connectivity index (χ3n) is 4.61. The molecule has 0 saturated carbocycles. The van der Waals surface area contributed by atoms with E-state index in [1.54, 1.807) is 23.5 Å². The summed E-state index contributed by atoms with van der Waals surface area (Å²) in [5.41, 5.74) is 0.920. The van der Waals surface area contributed by atoms with Gasteiger partial charge < -0.3 is 4.90 Å². The molecule has 1 aliphatic rings. The van der Waals surface area contributed by atoms with Gasteiger partial charge in [-0.3, -0.25) is 9.69 Å². The molecule has 0 atom stereocenters.